The van der Waals surface area contributed by atoms with Gasteiger partial charge in [-0.1, -0.05) is 17.3 Å². The molecule has 0 aliphatic heterocycles. The van der Waals surface area contributed by atoms with Crippen LogP contribution < -0.4 is 4.72 Å². The second-order valence-electron chi connectivity index (χ2n) is 5.19. The van der Waals surface area contributed by atoms with Gasteiger partial charge in [-0.2, -0.15) is 18.2 Å². The number of halogens is 4. The van der Waals surface area contributed by atoms with E-state index in [2.05, 4.69) is 24.1 Å². The van der Waals surface area contributed by atoms with E-state index in [1.807, 2.05) is 0 Å². The lowest BCUT2D eigenvalue weighted by Crippen LogP contribution is -2.27. The van der Waals surface area contributed by atoms with Gasteiger partial charge in [-0.3, -0.25) is 4.79 Å². The van der Waals surface area contributed by atoms with Gasteiger partial charge < -0.3 is 9.26 Å². The number of methoxy groups -OCH3 is 1. The molecule has 0 amide bonds. The summed E-state index contributed by atoms with van der Waals surface area (Å²) in [6.07, 6.45) is -5.20. The van der Waals surface area contributed by atoms with Gasteiger partial charge in [-0.25, -0.2) is 17.5 Å². The van der Waals surface area contributed by atoms with Gasteiger partial charge in [0.05, 0.1) is 19.3 Å². The number of alkyl halides is 3. The molecular formula is C14H13F4N3O5S. The van der Waals surface area contributed by atoms with Crippen LogP contribution in [0.3, 0.4) is 0 Å². The zero-order valence-corrected chi connectivity index (χ0v) is 14.5. The van der Waals surface area contributed by atoms with Crippen LogP contribution in [-0.2, 0) is 32.3 Å². The average Bonchev–Trinajstić information content (AvgIpc) is 3.09. The first-order valence-corrected chi connectivity index (χ1v) is 8.91. The Labute approximate surface area is 150 Å². The number of hydrogen-bond acceptors (Lipinski definition) is 7. The molecule has 1 heterocycles. The Morgan fingerprint density at radius 3 is 2.59 bits per heavy atom. The summed E-state index contributed by atoms with van der Waals surface area (Å²) in [5, 5.41) is 3.13. The lowest BCUT2D eigenvalue weighted by atomic mass is 10.1. The van der Waals surface area contributed by atoms with E-state index in [-0.39, 0.29) is 17.5 Å². The molecule has 2 rings (SSSR count). The highest BCUT2D eigenvalue weighted by molar-refractivity contribution is 7.89. The summed E-state index contributed by atoms with van der Waals surface area (Å²) in [5.41, 5.74) is -0.149. The van der Waals surface area contributed by atoms with E-state index in [0.717, 1.165) is 19.2 Å². The molecule has 0 saturated heterocycles. The number of carbonyl (C=O) groups is 1. The van der Waals surface area contributed by atoms with Gasteiger partial charge >= 0.3 is 18.0 Å². The van der Waals surface area contributed by atoms with Gasteiger partial charge in [0.15, 0.2) is 0 Å². The average molecular weight is 411 g/mol. The summed E-state index contributed by atoms with van der Waals surface area (Å²) >= 11 is 0. The summed E-state index contributed by atoms with van der Waals surface area (Å²) in [6.45, 7) is -0.421. The maximum atomic E-state index is 14.1. The van der Waals surface area contributed by atoms with Gasteiger partial charge in [-0.05, 0) is 6.07 Å². The first-order valence-electron chi connectivity index (χ1n) is 7.25. The van der Waals surface area contributed by atoms with Crippen LogP contribution in [0.2, 0.25) is 0 Å². The van der Waals surface area contributed by atoms with E-state index in [0.29, 0.717) is 0 Å². The molecule has 13 heteroatoms. The molecule has 2 aromatic rings. The van der Waals surface area contributed by atoms with Gasteiger partial charge in [0.25, 0.3) is 0 Å². The topological polar surface area (TPSA) is 111 Å². The highest BCUT2D eigenvalue weighted by Gasteiger charge is 2.38. The Morgan fingerprint density at radius 2 is 2.04 bits per heavy atom. The highest BCUT2D eigenvalue weighted by atomic mass is 32.2. The van der Waals surface area contributed by atoms with Crippen molar-refractivity contribution in [3.05, 3.63) is 35.5 Å². The smallest absolute Gasteiger partial charge is 0.469 e. The first kappa shape index (κ1) is 20.8. The largest absolute Gasteiger partial charge is 0.471 e. The zero-order chi connectivity index (χ0) is 20.2. The standard InChI is InChI=1S/C14H13F4N3O5S/c1-25-11(22)4-5-27(23,24)19-7-9-3-2-8(6-10(9)15)12-20-13(26-21-12)14(16,17)18/h2-3,6,19H,4-5,7H2,1H3. The molecule has 0 bridgehead atoms. The van der Waals surface area contributed by atoms with E-state index >= 15 is 0 Å². The minimum Gasteiger partial charge on any atom is -0.469 e. The summed E-state index contributed by atoms with van der Waals surface area (Å²) in [5.74, 6) is -4.18. The fourth-order valence-corrected chi connectivity index (χ4v) is 2.82. The third-order valence-electron chi connectivity index (χ3n) is 3.26. The monoisotopic (exact) mass is 411 g/mol. The quantitative estimate of drug-likeness (QED) is 0.547. The number of nitrogens with zero attached hydrogens (tertiary/aromatic N) is 2. The molecule has 8 nitrogen and oxygen atoms in total. The van der Waals surface area contributed by atoms with Crippen LogP contribution >= 0.6 is 0 Å². The number of benzene rings is 1. The summed E-state index contributed by atoms with van der Waals surface area (Å²) in [6, 6.07) is 3.23. The number of aromatic nitrogens is 2. The first-order chi connectivity index (χ1) is 12.5. The minimum atomic E-state index is -4.83. The van der Waals surface area contributed by atoms with Gasteiger partial charge in [0.2, 0.25) is 15.8 Å². The highest BCUT2D eigenvalue weighted by Crippen LogP contribution is 2.29. The summed E-state index contributed by atoms with van der Waals surface area (Å²) in [4.78, 5) is 14.1. The third kappa shape index (κ3) is 5.72. The van der Waals surface area contributed by atoms with Crippen LogP contribution in [0.4, 0.5) is 17.6 Å². The van der Waals surface area contributed by atoms with E-state index in [4.69, 9.17) is 0 Å². The molecule has 0 aliphatic carbocycles. The molecule has 0 fully saturated rings. The number of rotatable bonds is 7. The second-order valence-corrected chi connectivity index (χ2v) is 7.12. The zero-order valence-electron chi connectivity index (χ0n) is 13.7. The molecule has 0 unspecified atom stereocenters. The van der Waals surface area contributed by atoms with E-state index in [1.54, 1.807) is 0 Å². The Balaban J connectivity index is 2.06. The lowest BCUT2D eigenvalue weighted by molar-refractivity contribution is -0.159. The van der Waals surface area contributed by atoms with Gasteiger partial charge in [0, 0.05) is 17.7 Å². The molecule has 1 N–H and O–H groups in total. The number of carbonyl (C=O) groups excluding carboxylic acids is 1. The molecular weight excluding hydrogens is 398 g/mol. The molecule has 0 radical (unpaired) electrons. The fourth-order valence-electron chi connectivity index (χ4n) is 1.87. The summed E-state index contributed by atoms with van der Waals surface area (Å²) < 4.78 is 85.4. The molecule has 0 atom stereocenters. The van der Waals surface area contributed by atoms with Crippen LogP contribution in [-0.4, -0.2) is 37.4 Å². The van der Waals surface area contributed by atoms with Crippen molar-refractivity contribution in [1.82, 2.24) is 14.9 Å². The molecule has 27 heavy (non-hydrogen) atoms. The van der Waals surface area contributed by atoms with Crippen molar-refractivity contribution in [3.8, 4) is 11.4 Å². The van der Waals surface area contributed by atoms with Gasteiger partial charge in [-0.15, -0.1) is 0 Å². The van der Waals surface area contributed by atoms with Crippen LogP contribution in [0.25, 0.3) is 11.4 Å². The van der Waals surface area contributed by atoms with Crippen LogP contribution in [0, 0.1) is 5.82 Å². The molecule has 1 aromatic heterocycles. The van der Waals surface area contributed by atoms with Crippen molar-refractivity contribution in [3.63, 3.8) is 0 Å². The Morgan fingerprint density at radius 1 is 1.33 bits per heavy atom. The second kappa shape index (κ2) is 8.00. The minimum absolute atomic E-state index is 0.0695. The fraction of sp³-hybridized carbons (Fsp3) is 0.357. The Kier molecular flexibility index (Phi) is 6.15. The number of hydrogen-bond donors (Lipinski definition) is 1. The number of nitrogens with one attached hydrogen (secondary N) is 1. The molecule has 0 saturated carbocycles. The van der Waals surface area contributed by atoms with Crippen molar-refractivity contribution in [1.29, 1.82) is 0 Å². The predicted molar refractivity (Wildman–Crippen MR) is 82.0 cm³/mol. The van der Waals surface area contributed by atoms with Crippen molar-refractivity contribution in [2.75, 3.05) is 12.9 Å². The van der Waals surface area contributed by atoms with Crippen molar-refractivity contribution >= 4 is 16.0 Å². The van der Waals surface area contributed by atoms with Crippen molar-refractivity contribution in [2.24, 2.45) is 0 Å². The molecule has 148 valence electrons. The summed E-state index contributed by atoms with van der Waals surface area (Å²) in [7, 11) is -2.75. The van der Waals surface area contributed by atoms with Crippen LogP contribution in [0.1, 0.15) is 17.9 Å². The van der Waals surface area contributed by atoms with E-state index in [9.17, 15) is 30.8 Å². The number of esters is 1. The Hall–Kier alpha value is -2.54. The Bertz CT molecular complexity index is 927. The molecule has 1 aromatic carbocycles. The van der Waals surface area contributed by atoms with Crippen molar-refractivity contribution in [2.45, 2.75) is 19.1 Å². The number of sulfonamides is 1. The SMILES string of the molecule is COC(=O)CCS(=O)(=O)NCc1ccc(-c2noc(C(F)(F)F)n2)cc1F. The van der Waals surface area contributed by atoms with Crippen LogP contribution in [0.5, 0.6) is 0 Å². The predicted octanol–water partition coefficient (Wildman–Crippen LogP) is 1.88. The normalized spacial score (nSPS) is 12.2. The van der Waals surface area contributed by atoms with Crippen molar-refractivity contribution < 1.29 is 40.0 Å². The maximum Gasteiger partial charge on any atom is 0.471 e. The van der Waals surface area contributed by atoms with Crippen LogP contribution in [0.15, 0.2) is 22.7 Å². The molecule has 0 aliphatic rings. The van der Waals surface area contributed by atoms with E-state index in [1.165, 1.54) is 6.07 Å². The number of ether oxygens (including phenoxy) is 1. The van der Waals surface area contributed by atoms with Gasteiger partial charge in [0.1, 0.15) is 5.82 Å². The third-order valence-corrected chi connectivity index (χ3v) is 4.59. The maximum absolute atomic E-state index is 14.1. The van der Waals surface area contributed by atoms with E-state index < -0.39 is 52.0 Å². The molecule has 0 spiro atoms. The lowest BCUT2D eigenvalue weighted by Gasteiger charge is -2.08.